The van der Waals surface area contributed by atoms with Gasteiger partial charge in [-0.3, -0.25) is 24.0 Å². The predicted molar refractivity (Wildman–Crippen MR) is 162 cm³/mol. The molecule has 0 bridgehead atoms. The Hall–Kier alpha value is -4.52. The molecule has 3 saturated carbocycles. The lowest BCUT2D eigenvalue weighted by Crippen LogP contribution is -2.70. The van der Waals surface area contributed by atoms with Crippen molar-refractivity contribution in [2.75, 3.05) is 26.4 Å². The van der Waals surface area contributed by atoms with E-state index in [2.05, 4.69) is 15.0 Å². The maximum atomic E-state index is 17.6. The number of carbonyl (C=O) groups is 5. The molecule has 4 aliphatic rings. The summed E-state index contributed by atoms with van der Waals surface area (Å²) in [6.07, 6.45) is -0.786. The van der Waals surface area contributed by atoms with Crippen molar-refractivity contribution in [3.05, 3.63) is 44.0 Å². The van der Waals surface area contributed by atoms with Gasteiger partial charge in [-0.25, -0.2) is 4.39 Å². The van der Waals surface area contributed by atoms with Gasteiger partial charge in [0.05, 0.1) is 19.3 Å². The number of alkyl halides is 1. The number of nitrogens with zero attached hydrogens (tertiary/aromatic N) is 2. The average Bonchev–Trinajstić information content (AvgIpc) is 3.26. The molecule has 0 aromatic rings. The smallest absolute Gasteiger partial charge is 0.325 e. The van der Waals surface area contributed by atoms with Gasteiger partial charge in [0.15, 0.2) is 18.1 Å². The number of allylic oxidation sites excluding steroid dienone is 4. The van der Waals surface area contributed by atoms with Crippen molar-refractivity contribution in [3.63, 3.8) is 0 Å². The average molecular weight is 714 g/mol. The SMILES string of the molecule is C[C@]12C=CC(=O)C=C1CCC1C3C[C@@H](O)[C@](OC(=O)CCCO[N+](=O)[O-])(C(=O)COC(=O)CNC(=O)CCCO[N+](=O)[O-])[C@@]3(C)C[C@H](O)[C@@]12F. The fourth-order valence-corrected chi connectivity index (χ4v) is 8.48. The van der Waals surface area contributed by atoms with Crippen LogP contribution in [-0.4, -0.2) is 99.6 Å². The molecule has 0 heterocycles. The van der Waals surface area contributed by atoms with Gasteiger partial charge in [0.2, 0.25) is 17.3 Å². The lowest BCUT2D eigenvalue weighted by atomic mass is 9.44. The third kappa shape index (κ3) is 6.92. The number of esters is 2. The molecule has 19 heteroatoms. The van der Waals surface area contributed by atoms with E-state index < -0.39 is 113 Å². The summed E-state index contributed by atoms with van der Waals surface area (Å²) in [7, 11) is 0. The molecule has 0 aromatic carbocycles. The minimum atomic E-state index is -2.46. The molecular weight excluding hydrogens is 673 g/mol. The molecule has 8 atom stereocenters. The number of hydrogen-bond acceptors (Lipinski definition) is 15. The molecule has 0 spiro atoms. The number of aliphatic hydroxyl groups is 2. The second-order valence-corrected chi connectivity index (χ2v) is 13.4. The molecule has 4 aliphatic carbocycles. The van der Waals surface area contributed by atoms with E-state index in [1.807, 2.05) is 0 Å². The number of nitrogens with one attached hydrogen (secondary N) is 1. The largest absolute Gasteiger partial charge is 0.456 e. The normalized spacial score (nSPS) is 33.9. The van der Waals surface area contributed by atoms with Gasteiger partial charge in [0, 0.05) is 29.6 Å². The fraction of sp³-hybridized carbons (Fsp3) is 0.710. The van der Waals surface area contributed by atoms with Crippen molar-refractivity contribution >= 4 is 29.4 Å². The maximum absolute atomic E-state index is 17.6. The number of ether oxygens (including phenoxy) is 2. The zero-order valence-corrected chi connectivity index (χ0v) is 27.5. The zero-order chi connectivity index (χ0) is 37.1. The Bertz CT molecular complexity index is 1490. The molecule has 0 aliphatic heterocycles. The van der Waals surface area contributed by atoms with E-state index in [4.69, 9.17) is 9.47 Å². The summed E-state index contributed by atoms with van der Waals surface area (Å²) in [6.45, 7) is 0.472. The minimum absolute atomic E-state index is 0.0256. The molecule has 18 nitrogen and oxygen atoms in total. The highest BCUT2D eigenvalue weighted by Gasteiger charge is 2.78. The summed E-state index contributed by atoms with van der Waals surface area (Å²) < 4.78 is 28.4. The van der Waals surface area contributed by atoms with Crippen LogP contribution in [0.2, 0.25) is 0 Å². The van der Waals surface area contributed by atoms with Gasteiger partial charge < -0.3 is 34.7 Å². The van der Waals surface area contributed by atoms with Crippen LogP contribution in [0.5, 0.6) is 0 Å². The second-order valence-electron chi connectivity index (χ2n) is 13.4. The van der Waals surface area contributed by atoms with Crippen LogP contribution in [0.15, 0.2) is 23.8 Å². The van der Waals surface area contributed by atoms with Crippen LogP contribution in [0, 0.1) is 42.9 Å². The monoisotopic (exact) mass is 713 g/mol. The summed E-state index contributed by atoms with van der Waals surface area (Å²) in [5.74, 6) is -6.07. The first-order valence-corrected chi connectivity index (χ1v) is 16.1. The van der Waals surface area contributed by atoms with Gasteiger partial charge >= 0.3 is 11.9 Å². The standard InChI is InChI=1S/C31H40FN3O15/c1-28-10-9-19(36)13-18(28)7-8-20-21-14-22(37)31(29(21,2)15-23(38)30(20,28)32,50-26(41)6-4-12-49-35(45)46)24(39)17-47-27(42)16-33-25(40)5-3-11-48-34(43)44/h9-10,13,20-23,37-38H,3-8,11-12,14-17H2,1-2H3,(H,33,40)/t20?,21?,22-,23+,28+,29+,30+,31+/m1/s1. The Balaban J connectivity index is 1.56. The second kappa shape index (κ2) is 14.8. The Morgan fingerprint density at radius 1 is 1.00 bits per heavy atom. The van der Waals surface area contributed by atoms with Gasteiger partial charge in [-0.05, 0) is 63.5 Å². The number of hydrogen-bond donors (Lipinski definition) is 3. The lowest BCUT2D eigenvalue weighted by Gasteiger charge is -2.62. The number of ketones is 2. The predicted octanol–water partition coefficient (Wildman–Crippen LogP) is 0.816. The number of carbonyl (C=O) groups excluding carboxylic acids is 5. The Morgan fingerprint density at radius 2 is 1.64 bits per heavy atom. The fourth-order valence-electron chi connectivity index (χ4n) is 8.48. The Kier molecular flexibility index (Phi) is 11.3. The molecule has 4 rings (SSSR count). The maximum Gasteiger partial charge on any atom is 0.325 e. The van der Waals surface area contributed by atoms with E-state index in [0.29, 0.717) is 5.57 Å². The highest BCUT2D eigenvalue weighted by atomic mass is 19.1. The third-order valence-electron chi connectivity index (χ3n) is 10.8. The summed E-state index contributed by atoms with van der Waals surface area (Å²) >= 11 is 0. The number of fused-ring (bicyclic) bond motifs is 5. The van der Waals surface area contributed by atoms with Crippen LogP contribution < -0.4 is 5.32 Å². The summed E-state index contributed by atoms with van der Waals surface area (Å²) in [6, 6.07) is 0. The van der Waals surface area contributed by atoms with Crippen LogP contribution in [0.25, 0.3) is 0 Å². The molecule has 0 saturated heterocycles. The first kappa shape index (κ1) is 38.3. The first-order chi connectivity index (χ1) is 23.4. The number of halogens is 1. The van der Waals surface area contributed by atoms with Gasteiger partial charge in [-0.1, -0.05) is 18.6 Å². The highest BCUT2D eigenvalue weighted by Crippen LogP contribution is 2.70. The van der Waals surface area contributed by atoms with Crippen LogP contribution >= 0.6 is 0 Å². The lowest BCUT2D eigenvalue weighted by molar-refractivity contribution is -0.757. The van der Waals surface area contributed by atoms with Crippen molar-refractivity contribution in [2.24, 2.45) is 22.7 Å². The van der Waals surface area contributed by atoms with Gasteiger partial charge in [0.25, 0.3) is 10.2 Å². The molecule has 0 aromatic heterocycles. The van der Waals surface area contributed by atoms with E-state index >= 15 is 4.39 Å². The molecule has 3 N–H and O–H groups in total. The van der Waals surface area contributed by atoms with Crippen LogP contribution in [0.1, 0.15) is 65.2 Å². The minimum Gasteiger partial charge on any atom is -0.456 e. The van der Waals surface area contributed by atoms with Gasteiger partial charge in [-0.15, -0.1) is 20.2 Å². The van der Waals surface area contributed by atoms with Crippen LogP contribution in [0.4, 0.5) is 4.39 Å². The molecule has 2 unspecified atom stereocenters. The molecule has 1 amide bonds. The Labute approximate surface area is 284 Å². The van der Waals surface area contributed by atoms with Crippen molar-refractivity contribution in [1.82, 2.24) is 5.32 Å². The number of rotatable bonds is 16. The number of Topliss-reactive ketones (excluding diaryl/α,β-unsaturated/α-hetero) is 1. The first-order valence-electron chi connectivity index (χ1n) is 16.1. The van der Waals surface area contributed by atoms with E-state index in [0.717, 1.165) is 0 Å². The molecular formula is C31H40FN3O15. The number of aliphatic hydroxyl groups excluding tert-OH is 2. The molecule has 3 fully saturated rings. The highest BCUT2D eigenvalue weighted by molar-refractivity contribution is 6.01. The van der Waals surface area contributed by atoms with E-state index in [1.165, 1.54) is 25.2 Å². The topological polar surface area (TPSA) is 261 Å². The van der Waals surface area contributed by atoms with Gasteiger partial charge in [0.1, 0.15) is 12.6 Å². The van der Waals surface area contributed by atoms with Crippen molar-refractivity contribution < 1.29 is 67.9 Å². The summed E-state index contributed by atoms with van der Waals surface area (Å²) in [4.78, 5) is 92.9. The summed E-state index contributed by atoms with van der Waals surface area (Å²) in [5, 5.41) is 44.2. The third-order valence-corrected chi connectivity index (χ3v) is 10.8. The quantitative estimate of drug-likeness (QED) is 0.0865. The zero-order valence-electron chi connectivity index (χ0n) is 27.5. The van der Waals surface area contributed by atoms with E-state index in [-0.39, 0.29) is 50.9 Å². The van der Waals surface area contributed by atoms with Crippen molar-refractivity contribution in [1.29, 1.82) is 0 Å². The van der Waals surface area contributed by atoms with Crippen molar-refractivity contribution in [3.8, 4) is 0 Å². The van der Waals surface area contributed by atoms with E-state index in [1.54, 1.807) is 6.92 Å². The molecule has 0 radical (unpaired) electrons. The van der Waals surface area contributed by atoms with E-state index in [9.17, 15) is 54.4 Å². The molecule has 50 heavy (non-hydrogen) atoms. The van der Waals surface area contributed by atoms with Crippen LogP contribution in [0.3, 0.4) is 0 Å². The molecule has 276 valence electrons. The number of amides is 1. The Morgan fingerprint density at radius 3 is 2.28 bits per heavy atom. The van der Waals surface area contributed by atoms with Crippen LogP contribution in [-0.2, 0) is 43.1 Å². The van der Waals surface area contributed by atoms with Gasteiger partial charge in [-0.2, -0.15) is 0 Å². The van der Waals surface area contributed by atoms with Crippen molar-refractivity contribution in [2.45, 2.75) is 88.7 Å². The summed E-state index contributed by atoms with van der Waals surface area (Å²) in [5.41, 5.74) is -7.32.